The van der Waals surface area contributed by atoms with Crippen LogP contribution in [0.25, 0.3) is 0 Å². The van der Waals surface area contributed by atoms with Gasteiger partial charge < -0.3 is 0 Å². The molecular formula is C9H15. The van der Waals surface area contributed by atoms with E-state index in [1.54, 1.807) is 0 Å². The van der Waals surface area contributed by atoms with Gasteiger partial charge in [0.15, 0.2) is 0 Å². The van der Waals surface area contributed by atoms with Crippen molar-refractivity contribution >= 4 is 0 Å². The van der Waals surface area contributed by atoms with Crippen LogP contribution in [-0.4, -0.2) is 0 Å². The van der Waals surface area contributed by atoms with E-state index in [0.717, 1.165) is 5.92 Å². The van der Waals surface area contributed by atoms with Crippen molar-refractivity contribution in [3.05, 3.63) is 6.42 Å². The number of rotatable bonds is 0. The summed E-state index contributed by atoms with van der Waals surface area (Å²) < 4.78 is 0. The summed E-state index contributed by atoms with van der Waals surface area (Å²) in [6, 6.07) is 0. The van der Waals surface area contributed by atoms with Gasteiger partial charge >= 0.3 is 0 Å². The van der Waals surface area contributed by atoms with E-state index in [-0.39, 0.29) is 0 Å². The fourth-order valence-electron chi connectivity index (χ4n) is 2.50. The molecule has 51 valence electrons. The molecule has 3 rings (SSSR count). The Morgan fingerprint density at radius 1 is 1.33 bits per heavy atom. The van der Waals surface area contributed by atoms with Crippen LogP contribution in [0.15, 0.2) is 0 Å². The Bertz CT molecular complexity index is 139. The van der Waals surface area contributed by atoms with Gasteiger partial charge in [-0.1, -0.05) is 20.8 Å². The second-order valence-corrected chi connectivity index (χ2v) is 4.45. The normalized spacial score (nSPS) is 53.0. The van der Waals surface area contributed by atoms with Crippen LogP contribution in [-0.2, 0) is 0 Å². The fourth-order valence-corrected chi connectivity index (χ4v) is 2.50. The topological polar surface area (TPSA) is 0 Å². The lowest BCUT2D eigenvalue weighted by Crippen LogP contribution is -2.46. The van der Waals surface area contributed by atoms with Gasteiger partial charge in [-0.25, -0.2) is 0 Å². The van der Waals surface area contributed by atoms with E-state index in [4.69, 9.17) is 0 Å². The van der Waals surface area contributed by atoms with Gasteiger partial charge in [0, 0.05) is 0 Å². The summed E-state index contributed by atoms with van der Waals surface area (Å²) in [5.41, 5.74) is 1.24. The van der Waals surface area contributed by atoms with E-state index in [2.05, 4.69) is 27.2 Å². The smallest absolute Gasteiger partial charge is 0.0238 e. The van der Waals surface area contributed by atoms with Crippen molar-refractivity contribution in [2.24, 2.45) is 16.7 Å². The Morgan fingerprint density at radius 2 is 2.00 bits per heavy atom. The van der Waals surface area contributed by atoms with Crippen LogP contribution in [0.3, 0.4) is 0 Å². The summed E-state index contributed by atoms with van der Waals surface area (Å²) in [4.78, 5) is 0. The molecule has 0 aromatic rings. The van der Waals surface area contributed by atoms with Crippen LogP contribution < -0.4 is 0 Å². The minimum Gasteiger partial charge on any atom is -0.0591 e. The van der Waals surface area contributed by atoms with E-state index in [1.807, 2.05) is 0 Å². The Balaban J connectivity index is 2.32. The second-order valence-electron chi connectivity index (χ2n) is 4.45. The Labute approximate surface area is 57.6 Å². The molecule has 0 N–H and O–H groups in total. The molecular weight excluding hydrogens is 108 g/mol. The van der Waals surface area contributed by atoms with Gasteiger partial charge in [0.1, 0.15) is 0 Å². The third-order valence-corrected chi connectivity index (χ3v) is 3.94. The van der Waals surface area contributed by atoms with Crippen molar-refractivity contribution < 1.29 is 0 Å². The van der Waals surface area contributed by atoms with Gasteiger partial charge in [0.2, 0.25) is 0 Å². The van der Waals surface area contributed by atoms with E-state index < -0.39 is 0 Å². The van der Waals surface area contributed by atoms with Crippen LogP contribution in [0.5, 0.6) is 0 Å². The standard InChI is InChI=1S/C9H15/c1-8(2)7-4-5-9(8,3)6-7/h6-7H,4-5H2,1-3H3. The SMILES string of the molecule is CC12[CH]C(CC1)C2(C)C. The lowest BCUT2D eigenvalue weighted by atomic mass is 9.52. The molecule has 0 nitrogen and oxygen atoms in total. The molecule has 1 radical (unpaired) electrons. The highest BCUT2D eigenvalue weighted by molar-refractivity contribution is 5.22. The molecule has 2 atom stereocenters. The summed E-state index contributed by atoms with van der Waals surface area (Å²) in [6.45, 7) is 7.21. The third-order valence-electron chi connectivity index (χ3n) is 3.94. The average molecular weight is 123 g/mol. The van der Waals surface area contributed by atoms with Gasteiger partial charge in [-0.15, -0.1) is 0 Å². The monoisotopic (exact) mass is 123 g/mol. The first-order valence-electron chi connectivity index (χ1n) is 3.92. The van der Waals surface area contributed by atoms with Crippen LogP contribution in [0, 0.1) is 23.2 Å². The first-order valence-corrected chi connectivity index (χ1v) is 3.92. The quantitative estimate of drug-likeness (QED) is 0.464. The fraction of sp³-hybridized carbons (Fsp3) is 0.889. The van der Waals surface area contributed by atoms with Crippen molar-refractivity contribution in [2.75, 3.05) is 0 Å². The minimum atomic E-state index is 0.609. The van der Waals surface area contributed by atoms with Gasteiger partial charge in [0.05, 0.1) is 0 Å². The summed E-state index contributed by atoms with van der Waals surface area (Å²) in [5, 5.41) is 0. The maximum Gasteiger partial charge on any atom is -0.0238 e. The van der Waals surface area contributed by atoms with Crippen molar-refractivity contribution in [3.8, 4) is 0 Å². The molecule has 3 fully saturated rings. The lowest BCUT2D eigenvalue weighted by Gasteiger charge is -2.53. The highest BCUT2D eigenvalue weighted by atomic mass is 14.7. The van der Waals surface area contributed by atoms with Crippen LogP contribution in [0.2, 0.25) is 0 Å². The van der Waals surface area contributed by atoms with Gasteiger partial charge in [-0.05, 0) is 36.0 Å². The molecule has 3 aliphatic carbocycles. The summed E-state index contributed by atoms with van der Waals surface area (Å²) >= 11 is 0. The first-order chi connectivity index (χ1) is 4.06. The molecule has 0 aliphatic heterocycles. The molecule has 2 unspecified atom stereocenters. The zero-order valence-electron chi connectivity index (χ0n) is 6.57. The molecule has 3 saturated carbocycles. The first kappa shape index (κ1) is 5.76. The van der Waals surface area contributed by atoms with Crippen molar-refractivity contribution in [1.82, 2.24) is 0 Å². The van der Waals surface area contributed by atoms with E-state index in [0.29, 0.717) is 10.8 Å². The Morgan fingerprint density at radius 3 is 2.11 bits per heavy atom. The van der Waals surface area contributed by atoms with Gasteiger partial charge in [0.25, 0.3) is 0 Å². The van der Waals surface area contributed by atoms with E-state index in [1.165, 1.54) is 12.8 Å². The maximum absolute atomic E-state index is 2.55. The molecule has 9 heavy (non-hydrogen) atoms. The van der Waals surface area contributed by atoms with Crippen LogP contribution in [0.4, 0.5) is 0 Å². The summed E-state index contributed by atoms with van der Waals surface area (Å²) in [5.74, 6) is 0.947. The summed E-state index contributed by atoms with van der Waals surface area (Å²) in [7, 11) is 0. The van der Waals surface area contributed by atoms with Gasteiger partial charge in [-0.2, -0.15) is 0 Å². The molecule has 0 heteroatoms. The predicted octanol–water partition coefficient (Wildman–Crippen LogP) is 2.65. The van der Waals surface area contributed by atoms with Crippen molar-refractivity contribution in [1.29, 1.82) is 0 Å². The maximum atomic E-state index is 2.55. The lowest BCUT2D eigenvalue weighted by molar-refractivity contribution is 0.0352. The largest absolute Gasteiger partial charge is 0.0591 e. The molecule has 3 aliphatic rings. The zero-order valence-corrected chi connectivity index (χ0v) is 6.57. The van der Waals surface area contributed by atoms with Crippen LogP contribution >= 0.6 is 0 Å². The number of hydrogen-bond acceptors (Lipinski definition) is 0. The molecule has 0 aromatic carbocycles. The molecule has 0 heterocycles. The molecule has 0 aromatic heterocycles. The highest BCUT2D eigenvalue weighted by Crippen LogP contribution is 2.69. The van der Waals surface area contributed by atoms with Gasteiger partial charge in [-0.3, -0.25) is 0 Å². The zero-order chi connectivity index (χ0) is 6.70. The number of fused-ring (bicyclic) bond motifs is 1. The van der Waals surface area contributed by atoms with E-state index >= 15 is 0 Å². The average Bonchev–Trinajstić information content (AvgIpc) is 2.21. The van der Waals surface area contributed by atoms with Crippen molar-refractivity contribution in [2.45, 2.75) is 33.6 Å². The highest BCUT2D eigenvalue weighted by Gasteiger charge is 2.61. The summed E-state index contributed by atoms with van der Waals surface area (Å²) in [6.07, 6.45) is 5.43. The Hall–Kier alpha value is 0. The molecule has 0 amide bonds. The van der Waals surface area contributed by atoms with Crippen molar-refractivity contribution in [3.63, 3.8) is 0 Å². The molecule has 0 spiro atoms. The predicted molar refractivity (Wildman–Crippen MR) is 38.9 cm³/mol. The van der Waals surface area contributed by atoms with Crippen LogP contribution in [0.1, 0.15) is 33.6 Å². The second kappa shape index (κ2) is 1.21. The van der Waals surface area contributed by atoms with E-state index in [9.17, 15) is 0 Å². The minimum absolute atomic E-state index is 0.609. The molecule has 0 saturated heterocycles. The third kappa shape index (κ3) is 0.426. The number of hydrogen-bond donors (Lipinski definition) is 0. The molecule has 2 bridgehead atoms. The Kier molecular flexibility index (Phi) is 0.774.